The highest BCUT2D eigenvalue weighted by Crippen LogP contribution is 2.13. The number of aromatic nitrogens is 2. The van der Waals surface area contributed by atoms with Crippen molar-refractivity contribution in [1.29, 1.82) is 0 Å². The first-order valence-corrected chi connectivity index (χ1v) is 4.93. The molecule has 2 rings (SSSR count). The topological polar surface area (TPSA) is 44.1 Å². The standard InChI is InChI=1S/C12H12N2O2/c1-16-11-4-2-3-10(7-11)8-12(15)14-6-5-13-9-14/h2-7,9H,8H2,1H3. The van der Waals surface area contributed by atoms with Crippen molar-refractivity contribution >= 4 is 5.91 Å². The molecule has 82 valence electrons. The molecule has 0 aliphatic heterocycles. The maximum Gasteiger partial charge on any atom is 0.236 e. The molecule has 0 amide bonds. The van der Waals surface area contributed by atoms with Crippen LogP contribution >= 0.6 is 0 Å². The largest absolute Gasteiger partial charge is 0.497 e. The number of benzene rings is 1. The van der Waals surface area contributed by atoms with Crippen LogP contribution in [0.2, 0.25) is 0 Å². The fourth-order valence-corrected chi connectivity index (χ4v) is 1.45. The lowest BCUT2D eigenvalue weighted by Gasteiger charge is -2.04. The van der Waals surface area contributed by atoms with Crippen molar-refractivity contribution in [3.63, 3.8) is 0 Å². The Kier molecular flexibility index (Phi) is 3.00. The summed E-state index contributed by atoms with van der Waals surface area (Å²) < 4.78 is 6.57. The highest BCUT2D eigenvalue weighted by Gasteiger charge is 2.05. The minimum Gasteiger partial charge on any atom is -0.497 e. The molecule has 0 spiro atoms. The quantitative estimate of drug-likeness (QED) is 0.785. The molecule has 0 radical (unpaired) electrons. The number of methoxy groups -OCH3 is 1. The Labute approximate surface area is 93.5 Å². The summed E-state index contributed by atoms with van der Waals surface area (Å²) in [6, 6.07) is 7.48. The van der Waals surface area contributed by atoms with E-state index in [2.05, 4.69) is 4.98 Å². The second-order valence-electron chi connectivity index (χ2n) is 3.39. The molecule has 0 aliphatic carbocycles. The molecule has 0 bridgehead atoms. The number of nitrogens with zero attached hydrogens (tertiary/aromatic N) is 2. The molecule has 0 saturated carbocycles. The molecule has 1 heterocycles. The van der Waals surface area contributed by atoms with Gasteiger partial charge in [-0.25, -0.2) is 4.98 Å². The van der Waals surface area contributed by atoms with Crippen LogP contribution in [0.15, 0.2) is 43.0 Å². The van der Waals surface area contributed by atoms with Gasteiger partial charge in [0, 0.05) is 12.4 Å². The van der Waals surface area contributed by atoms with Gasteiger partial charge in [0.15, 0.2) is 0 Å². The van der Waals surface area contributed by atoms with E-state index < -0.39 is 0 Å². The minimum atomic E-state index is -0.00856. The van der Waals surface area contributed by atoms with Crippen LogP contribution in [-0.2, 0) is 6.42 Å². The van der Waals surface area contributed by atoms with Crippen LogP contribution in [0.1, 0.15) is 10.4 Å². The molecule has 4 heteroatoms. The van der Waals surface area contributed by atoms with E-state index in [0.717, 1.165) is 11.3 Å². The molecule has 0 saturated heterocycles. The zero-order chi connectivity index (χ0) is 11.4. The van der Waals surface area contributed by atoms with E-state index >= 15 is 0 Å². The van der Waals surface area contributed by atoms with Gasteiger partial charge in [-0.1, -0.05) is 12.1 Å². The van der Waals surface area contributed by atoms with Crippen molar-refractivity contribution < 1.29 is 9.53 Å². The van der Waals surface area contributed by atoms with Gasteiger partial charge < -0.3 is 4.74 Å². The fraction of sp³-hybridized carbons (Fsp3) is 0.167. The van der Waals surface area contributed by atoms with Crippen LogP contribution in [0, 0.1) is 0 Å². The zero-order valence-corrected chi connectivity index (χ0v) is 8.96. The third kappa shape index (κ3) is 2.28. The predicted octanol–water partition coefficient (Wildman–Crippen LogP) is 1.77. The van der Waals surface area contributed by atoms with Gasteiger partial charge in [0.1, 0.15) is 12.1 Å². The second kappa shape index (κ2) is 4.61. The number of carbonyl (C=O) groups is 1. The molecule has 0 aliphatic rings. The van der Waals surface area contributed by atoms with Crippen LogP contribution in [-0.4, -0.2) is 22.6 Å². The van der Waals surface area contributed by atoms with Gasteiger partial charge in [0.25, 0.3) is 0 Å². The predicted molar refractivity (Wildman–Crippen MR) is 59.6 cm³/mol. The van der Waals surface area contributed by atoms with E-state index in [-0.39, 0.29) is 5.91 Å². The van der Waals surface area contributed by atoms with Crippen molar-refractivity contribution in [2.75, 3.05) is 7.11 Å². The highest BCUT2D eigenvalue weighted by molar-refractivity contribution is 5.81. The number of hydrogen-bond acceptors (Lipinski definition) is 3. The lowest BCUT2D eigenvalue weighted by atomic mass is 10.1. The van der Waals surface area contributed by atoms with Crippen molar-refractivity contribution in [1.82, 2.24) is 9.55 Å². The van der Waals surface area contributed by atoms with Crippen molar-refractivity contribution in [3.8, 4) is 5.75 Å². The Balaban J connectivity index is 2.12. The lowest BCUT2D eigenvalue weighted by molar-refractivity contribution is 0.0914. The number of hydrogen-bond donors (Lipinski definition) is 0. The summed E-state index contributed by atoms with van der Waals surface area (Å²) in [5.74, 6) is 0.752. The second-order valence-corrected chi connectivity index (χ2v) is 3.39. The van der Waals surface area contributed by atoms with Gasteiger partial charge in [-0.05, 0) is 17.7 Å². The number of carbonyl (C=O) groups excluding carboxylic acids is 1. The summed E-state index contributed by atoms with van der Waals surface area (Å²) in [5, 5.41) is 0. The Morgan fingerprint density at radius 3 is 3.06 bits per heavy atom. The molecular formula is C12H12N2O2. The molecule has 0 atom stereocenters. The normalized spacial score (nSPS) is 10.1. The Hall–Kier alpha value is -2.10. The van der Waals surface area contributed by atoms with Gasteiger partial charge in [-0.2, -0.15) is 0 Å². The SMILES string of the molecule is COc1cccc(CC(=O)n2ccnc2)c1. The Morgan fingerprint density at radius 1 is 1.50 bits per heavy atom. The molecule has 0 N–H and O–H groups in total. The smallest absolute Gasteiger partial charge is 0.236 e. The van der Waals surface area contributed by atoms with Gasteiger partial charge in [-0.3, -0.25) is 9.36 Å². The molecule has 1 aromatic carbocycles. The zero-order valence-electron chi connectivity index (χ0n) is 8.96. The summed E-state index contributed by atoms with van der Waals surface area (Å²) in [6.07, 6.45) is 5.07. The lowest BCUT2D eigenvalue weighted by Crippen LogP contribution is -2.11. The average molecular weight is 216 g/mol. The first-order chi connectivity index (χ1) is 7.79. The Morgan fingerprint density at radius 2 is 2.38 bits per heavy atom. The summed E-state index contributed by atoms with van der Waals surface area (Å²) in [4.78, 5) is 15.6. The van der Waals surface area contributed by atoms with E-state index in [1.54, 1.807) is 19.5 Å². The van der Waals surface area contributed by atoms with Crippen LogP contribution < -0.4 is 4.74 Å². The number of imidazole rings is 1. The number of ether oxygens (including phenoxy) is 1. The monoisotopic (exact) mass is 216 g/mol. The first-order valence-electron chi connectivity index (χ1n) is 4.93. The van der Waals surface area contributed by atoms with E-state index in [1.807, 2.05) is 24.3 Å². The van der Waals surface area contributed by atoms with Crippen molar-refractivity contribution in [3.05, 3.63) is 48.5 Å². The maximum atomic E-state index is 11.8. The molecule has 1 aromatic heterocycles. The Bertz CT molecular complexity index is 478. The summed E-state index contributed by atoms with van der Waals surface area (Å²) in [5.41, 5.74) is 0.929. The highest BCUT2D eigenvalue weighted by atomic mass is 16.5. The van der Waals surface area contributed by atoms with Crippen LogP contribution in [0.5, 0.6) is 5.75 Å². The van der Waals surface area contributed by atoms with E-state index in [9.17, 15) is 4.79 Å². The molecule has 0 fully saturated rings. The number of rotatable bonds is 3. The van der Waals surface area contributed by atoms with Gasteiger partial charge in [0.2, 0.25) is 5.91 Å². The molecule has 0 unspecified atom stereocenters. The summed E-state index contributed by atoms with van der Waals surface area (Å²) >= 11 is 0. The van der Waals surface area contributed by atoms with Crippen LogP contribution in [0.4, 0.5) is 0 Å². The third-order valence-corrected chi connectivity index (χ3v) is 2.28. The van der Waals surface area contributed by atoms with E-state index in [0.29, 0.717) is 6.42 Å². The molecule has 16 heavy (non-hydrogen) atoms. The van der Waals surface area contributed by atoms with Gasteiger partial charge in [-0.15, -0.1) is 0 Å². The van der Waals surface area contributed by atoms with Crippen molar-refractivity contribution in [2.24, 2.45) is 0 Å². The first kappa shape index (κ1) is 10.4. The maximum absolute atomic E-state index is 11.8. The van der Waals surface area contributed by atoms with E-state index in [1.165, 1.54) is 10.9 Å². The molecule has 2 aromatic rings. The third-order valence-electron chi connectivity index (χ3n) is 2.28. The van der Waals surface area contributed by atoms with Crippen molar-refractivity contribution in [2.45, 2.75) is 6.42 Å². The van der Waals surface area contributed by atoms with Crippen LogP contribution in [0.3, 0.4) is 0 Å². The van der Waals surface area contributed by atoms with E-state index in [4.69, 9.17) is 4.74 Å². The van der Waals surface area contributed by atoms with Gasteiger partial charge >= 0.3 is 0 Å². The van der Waals surface area contributed by atoms with Crippen LogP contribution in [0.25, 0.3) is 0 Å². The summed E-state index contributed by atoms with van der Waals surface area (Å²) in [6.45, 7) is 0. The fourth-order valence-electron chi connectivity index (χ4n) is 1.45. The summed E-state index contributed by atoms with van der Waals surface area (Å²) in [7, 11) is 1.61. The average Bonchev–Trinajstić information content (AvgIpc) is 2.83. The minimum absolute atomic E-state index is 0.00856. The molecule has 4 nitrogen and oxygen atoms in total. The molecular weight excluding hydrogens is 204 g/mol. The van der Waals surface area contributed by atoms with Gasteiger partial charge in [0.05, 0.1) is 13.5 Å².